The molecule has 0 aliphatic heterocycles. The highest BCUT2D eigenvalue weighted by Crippen LogP contribution is 2.34. The lowest BCUT2D eigenvalue weighted by molar-refractivity contribution is 0.436. The Hall–Kier alpha value is -1.81. The van der Waals surface area contributed by atoms with E-state index in [1.54, 1.807) is 17.5 Å². The van der Waals surface area contributed by atoms with E-state index in [1.165, 1.54) is 20.5 Å². The molecular weight excluding hydrogens is 232 g/mol. The smallest absolute Gasteiger partial charge is 0.229 e. The Kier molecular flexibility index (Phi) is 2.19. The molecular formula is C13H12N2OS. The topological polar surface area (TPSA) is 52.0 Å². The van der Waals surface area contributed by atoms with Crippen LogP contribution in [0.4, 0.5) is 5.88 Å². The van der Waals surface area contributed by atoms with Crippen molar-refractivity contribution >= 4 is 27.3 Å². The first-order valence-corrected chi connectivity index (χ1v) is 6.19. The summed E-state index contributed by atoms with van der Waals surface area (Å²) in [5.41, 5.74) is 8.99. The molecule has 0 atom stereocenters. The van der Waals surface area contributed by atoms with Gasteiger partial charge in [0.15, 0.2) is 0 Å². The van der Waals surface area contributed by atoms with Crippen molar-refractivity contribution in [3.05, 3.63) is 34.8 Å². The molecule has 0 saturated heterocycles. The SMILES string of the molecule is Cc1sc2cc(-c3cnoc3N)ccc2c1C. The monoisotopic (exact) mass is 244 g/mol. The summed E-state index contributed by atoms with van der Waals surface area (Å²) in [6, 6.07) is 6.34. The molecule has 4 heteroatoms. The molecule has 86 valence electrons. The molecule has 0 saturated carbocycles. The maximum absolute atomic E-state index is 5.73. The zero-order valence-corrected chi connectivity index (χ0v) is 10.5. The van der Waals surface area contributed by atoms with Gasteiger partial charge in [-0.25, -0.2) is 0 Å². The van der Waals surface area contributed by atoms with Crippen LogP contribution in [0.15, 0.2) is 28.9 Å². The predicted octanol–water partition coefficient (Wildman–Crippen LogP) is 3.76. The zero-order chi connectivity index (χ0) is 12.0. The summed E-state index contributed by atoms with van der Waals surface area (Å²) in [6.07, 6.45) is 1.66. The van der Waals surface area contributed by atoms with Gasteiger partial charge in [-0.3, -0.25) is 0 Å². The molecule has 2 heterocycles. The van der Waals surface area contributed by atoms with E-state index in [0.29, 0.717) is 5.88 Å². The van der Waals surface area contributed by atoms with Crippen LogP contribution < -0.4 is 5.73 Å². The minimum atomic E-state index is 0.370. The minimum absolute atomic E-state index is 0.370. The zero-order valence-electron chi connectivity index (χ0n) is 9.65. The number of nitrogen functional groups attached to an aromatic ring is 1. The summed E-state index contributed by atoms with van der Waals surface area (Å²) < 4.78 is 6.17. The van der Waals surface area contributed by atoms with Crippen LogP contribution in [0.25, 0.3) is 21.2 Å². The Morgan fingerprint density at radius 1 is 1.29 bits per heavy atom. The highest BCUT2D eigenvalue weighted by molar-refractivity contribution is 7.19. The third kappa shape index (κ3) is 1.52. The van der Waals surface area contributed by atoms with Crippen LogP contribution in [-0.4, -0.2) is 5.16 Å². The second kappa shape index (κ2) is 3.60. The van der Waals surface area contributed by atoms with Gasteiger partial charge in [-0.15, -0.1) is 11.3 Å². The summed E-state index contributed by atoms with van der Waals surface area (Å²) in [5.74, 6) is 0.370. The number of rotatable bonds is 1. The largest absolute Gasteiger partial charge is 0.367 e. The fourth-order valence-corrected chi connectivity index (χ4v) is 3.09. The van der Waals surface area contributed by atoms with Gasteiger partial charge in [0, 0.05) is 9.58 Å². The van der Waals surface area contributed by atoms with Gasteiger partial charge in [0.05, 0.1) is 11.8 Å². The van der Waals surface area contributed by atoms with Gasteiger partial charge in [0.2, 0.25) is 5.88 Å². The number of benzene rings is 1. The van der Waals surface area contributed by atoms with E-state index in [0.717, 1.165) is 11.1 Å². The lowest BCUT2D eigenvalue weighted by Crippen LogP contribution is -1.84. The predicted molar refractivity (Wildman–Crippen MR) is 71.2 cm³/mol. The van der Waals surface area contributed by atoms with Crippen LogP contribution in [0.3, 0.4) is 0 Å². The molecule has 1 aromatic carbocycles. The summed E-state index contributed by atoms with van der Waals surface area (Å²) in [7, 11) is 0. The second-order valence-electron chi connectivity index (χ2n) is 4.10. The maximum atomic E-state index is 5.73. The average Bonchev–Trinajstić information content (AvgIpc) is 2.84. The Morgan fingerprint density at radius 2 is 2.12 bits per heavy atom. The molecule has 0 bridgehead atoms. The lowest BCUT2D eigenvalue weighted by Gasteiger charge is -1.98. The van der Waals surface area contributed by atoms with E-state index in [9.17, 15) is 0 Å². The van der Waals surface area contributed by atoms with E-state index >= 15 is 0 Å². The molecule has 0 spiro atoms. The number of nitrogens with two attached hydrogens (primary N) is 1. The molecule has 0 fully saturated rings. The minimum Gasteiger partial charge on any atom is -0.367 e. The summed E-state index contributed by atoms with van der Waals surface area (Å²) in [5, 5.41) is 5.02. The highest BCUT2D eigenvalue weighted by atomic mass is 32.1. The van der Waals surface area contributed by atoms with Gasteiger partial charge in [-0.2, -0.15) is 0 Å². The number of thiophene rings is 1. The van der Waals surface area contributed by atoms with Crippen LogP contribution in [0.2, 0.25) is 0 Å². The number of hydrogen-bond donors (Lipinski definition) is 1. The van der Waals surface area contributed by atoms with E-state index in [2.05, 4.69) is 37.2 Å². The Labute approximate surface area is 103 Å². The Bertz CT molecular complexity index is 697. The number of hydrogen-bond acceptors (Lipinski definition) is 4. The van der Waals surface area contributed by atoms with E-state index < -0.39 is 0 Å². The van der Waals surface area contributed by atoms with Crippen LogP contribution >= 0.6 is 11.3 Å². The fraction of sp³-hybridized carbons (Fsp3) is 0.154. The van der Waals surface area contributed by atoms with Crippen molar-refractivity contribution < 1.29 is 4.52 Å². The molecule has 0 unspecified atom stereocenters. The van der Waals surface area contributed by atoms with E-state index in [4.69, 9.17) is 10.3 Å². The molecule has 0 aliphatic carbocycles. The molecule has 3 nitrogen and oxygen atoms in total. The van der Waals surface area contributed by atoms with Gasteiger partial charge >= 0.3 is 0 Å². The van der Waals surface area contributed by atoms with Crippen LogP contribution in [0.5, 0.6) is 0 Å². The van der Waals surface area contributed by atoms with Gasteiger partial charge < -0.3 is 10.3 Å². The van der Waals surface area contributed by atoms with Crippen molar-refractivity contribution in [3.8, 4) is 11.1 Å². The van der Waals surface area contributed by atoms with Crippen molar-refractivity contribution in [2.75, 3.05) is 5.73 Å². The quantitative estimate of drug-likeness (QED) is 0.709. The first kappa shape index (κ1) is 10.4. The first-order chi connectivity index (χ1) is 8.16. The molecule has 0 amide bonds. The van der Waals surface area contributed by atoms with Crippen molar-refractivity contribution in [1.82, 2.24) is 5.16 Å². The van der Waals surface area contributed by atoms with E-state index in [-0.39, 0.29) is 0 Å². The number of fused-ring (bicyclic) bond motifs is 1. The Morgan fingerprint density at radius 3 is 2.82 bits per heavy atom. The third-order valence-electron chi connectivity index (χ3n) is 3.09. The normalized spacial score (nSPS) is 11.2. The number of nitrogens with zero attached hydrogens (tertiary/aromatic N) is 1. The standard InChI is InChI=1S/C13H12N2OS/c1-7-8(2)17-12-5-9(3-4-10(7)12)11-6-15-16-13(11)14/h3-6H,14H2,1-2H3. The highest BCUT2D eigenvalue weighted by Gasteiger charge is 2.10. The average molecular weight is 244 g/mol. The van der Waals surface area contributed by atoms with Crippen molar-refractivity contribution in [1.29, 1.82) is 0 Å². The fourth-order valence-electron chi connectivity index (χ4n) is 1.98. The van der Waals surface area contributed by atoms with Gasteiger partial charge in [-0.05, 0) is 36.4 Å². The van der Waals surface area contributed by atoms with Crippen molar-refractivity contribution in [2.45, 2.75) is 13.8 Å². The molecule has 3 aromatic rings. The number of aryl methyl sites for hydroxylation is 2. The Balaban J connectivity index is 2.24. The van der Waals surface area contributed by atoms with Crippen LogP contribution in [0.1, 0.15) is 10.4 Å². The van der Waals surface area contributed by atoms with Gasteiger partial charge in [0.25, 0.3) is 0 Å². The van der Waals surface area contributed by atoms with Gasteiger partial charge in [0.1, 0.15) is 0 Å². The molecule has 0 aliphatic rings. The van der Waals surface area contributed by atoms with E-state index in [1.807, 2.05) is 0 Å². The van der Waals surface area contributed by atoms with Gasteiger partial charge in [-0.1, -0.05) is 17.3 Å². The summed E-state index contributed by atoms with van der Waals surface area (Å²) in [4.78, 5) is 1.36. The van der Waals surface area contributed by atoms with Crippen LogP contribution in [0, 0.1) is 13.8 Å². The molecule has 3 rings (SSSR count). The number of aromatic nitrogens is 1. The molecule has 17 heavy (non-hydrogen) atoms. The van der Waals surface area contributed by atoms with Crippen LogP contribution in [-0.2, 0) is 0 Å². The first-order valence-electron chi connectivity index (χ1n) is 5.37. The van der Waals surface area contributed by atoms with Crippen molar-refractivity contribution in [2.24, 2.45) is 0 Å². The summed E-state index contributed by atoms with van der Waals surface area (Å²) >= 11 is 1.80. The maximum Gasteiger partial charge on any atom is 0.229 e. The molecule has 0 radical (unpaired) electrons. The molecule has 2 N–H and O–H groups in total. The lowest BCUT2D eigenvalue weighted by atomic mass is 10.1. The van der Waals surface area contributed by atoms with Crippen molar-refractivity contribution in [3.63, 3.8) is 0 Å². The molecule has 2 aromatic heterocycles. The number of anilines is 1. The second-order valence-corrected chi connectivity index (χ2v) is 5.35. The summed E-state index contributed by atoms with van der Waals surface area (Å²) in [6.45, 7) is 4.30. The third-order valence-corrected chi connectivity index (χ3v) is 4.26.